The van der Waals surface area contributed by atoms with Gasteiger partial charge >= 0.3 is 0 Å². The van der Waals surface area contributed by atoms with Gasteiger partial charge in [-0.2, -0.15) is 0 Å². The molecule has 1 aromatic heterocycles. The normalized spacial score (nSPS) is 15.9. The van der Waals surface area contributed by atoms with Crippen LogP contribution >= 0.6 is 11.6 Å². The highest BCUT2D eigenvalue weighted by Gasteiger charge is 2.34. The minimum absolute atomic E-state index is 0.0381. The Balaban J connectivity index is 1.29. The number of hydrogen-bond donors (Lipinski definition) is 1. The molecule has 2 amide bonds. The number of nitrogens with zero attached hydrogens (tertiary/aromatic N) is 4. The van der Waals surface area contributed by atoms with Crippen LogP contribution in [-0.2, 0) is 31.3 Å². The van der Waals surface area contributed by atoms with E-state index < -0.39 is 0 Å². The van der Waals surface area contributed by atoms with Crippen LogP contribution < -0.4 is 9.64 Å². The summed E-state index contributed by atoms with van der Waals surface area (Å²) < 4.78 is 13.2. The molecule has 1 saturated heterocycles. The molecule has 0 radical (unpaired) electrons. The molecule has 1 atom stereocenters. The van der Waals surface area contributed by atoms with Crippen LogP contribution in [0, 0.1) is 20.8 Å². The fraction of sp³-hybridized carbons (Fsp3) is 0.318. The lowest BCUT2D eigenvalue weighted by atomic mass is 9.91. The van der Waals surface area contributed by atoms with Gasteiger partial charge in [0.2, 0.25) is 0 Å². The summed E-state index contributed by atoms with van der Waals surface area (Å²) in [6, 6.07) is 26.3. The Labute approximate surface area is 322 Å². The lowest BCUT2D eigenvalue weighted by molar-refractivity contribution is 0.0193. The van der Waals surface area contributed by atoms with Crippen LogP contribution in [-0.4, -0.2) is 77.3 Å². The first kappa shape index (κ1) is 37.2. The number of rotatable bonds is 9. The number of benzene rings is 4. The predicted octanol–water partition coefficient (Wildman–Crippen LogP) is 7.73. The van der Waals surface area contributed by atoms with Crippen LogP contribution in [0.4, 0.5) is 5.69 Å². The fourth-order valence-electron chi connectivity index (χ4n) is 7.91. The summed E-state index contributed by atoms with van der Waals surface area (Å²) in [5.74, 6) is 0.555. The van der Waals surface area contributed by atoms with E-state index in [4.69, 9.17) is 21.1 Å². The third-order valence-electron chi connectivity index (χ3n) is 11.1. The monoisotopic (exact) mass is 746 g/mol. The number of aryl methyl sites for hydroxylation is 1. The largest absolute Gasteiger partial charge is 0.508 e. The number of ether oxygens (including phenoxy) is 2. The van der Waals surface area contributed by atoms with Crippen molar-refractivity contribution in [3.05, 3.63) is 135 Å². The number of phenolic OH excluding ortho intramolecular Hbond substituents is 1. The second-order valence-corrected chi connectivity index (χ2v) is 14.8. The van der Waals surface area contributed by atoms with E-state index in [0.717, 1.165) is 71.0 Å². The Bertz CT molecular complexity index is 2190. The van der Waals surface area contributed by atoms with Crippen molar-refractivity contribution >= 4 is 29.1 Å². The second-order valence-electron chi connectivity index (χ2n) is 14.4. The highest BCUT2D eigenvalue weighted by atomic mass is 35.5. The maximum atomic E-state index is 15.0. The zero-order valence-corrected chi connectivity index (χ0v) is 32.3. The van der Waals surface area contributed by atoms with E-state index in [0.29, 0.717) is 41.6 Å². The first-order chi connectivity index (χ1) is 26.0. The van der Waals surface area contributed by atoms with Gasteiger partial charge in [0.25, 0.3) is 11.8 Å². The summed E-state index contributed by atoms with van der Waals surface area (Å²) >= 11 is 6.74. The third-order valence-corrected chi connectivity index (χ3v) is 11.3. The SMILES string of the molecule is COc1cccc(CN(C(=O)c2cc(-c3c(C)cc(Cl)cc3C(=O)N3Cc4ccccc4C[C@H]3CN3CCOCC3)n(C)c2C)c2ccc(O)cc2)c1C. The van der Waals surface area contributed by atoms with E-state index in [2.05, 4.69) is 23.1 Å². The van der Waals surface area contributed by atoms with Crippen LogP contribution in [0.3, 0.4) is 0 Å². The maximum Gasteiger partial charge on any atom is 0.260 e. The molecule has 0 aliphatic carbocycles. The van der Waals surface area contributed by atoms with Gasteiger partial charge in [-0.25, -0.2) is 0 Å². The zero-order chi connectivity index (χ0) is 38.1. The summed E-state index contributed by atoms with van der Waals surface area (Å²) in [6.07, 6.45) is 0.760. The number of fused-ring (bicyclic) bond motifs is 1. The third kappa shape index (κ3) is 7.36. The van der Waals surface area contributed by atoms with Crippen LogP contribution in [0.5, 0.6) is 11.5 Å². The Morgan fingerprint density at radius 1 is 0.926 bits per heavy atom. The minimum atomic E-state index is -0.208. The van der Waals surface area contributed by atoms with Crippen LogP contribution in [0.15, 0.2) is 84.9 Å². The lowest BCUT2D eigenvalue weighted by Gasteiger charge is -2.40. The average Bonchev–Trinajstić information content (AvgIpc) is 3.46. The van der Waals surface area contributed by atoms with Gasteiger partial charge in [0.15, 0.2) is 0 Å². The number of carbonyl (C=O) groups excluding carboxylic acids is 2. The summed E-state index contributed by atoms with van der Waals surface area (Å²) in [7, 11) is 3.56. The summed E-state index contributed by atoms with van der Waals surface area (Å²) in [4.78, 5) is 35.9. The minimum Gasteiger partial charge on any atom is -0.508 e. The van der Waals surface area contributed by atoms with E-state index in [-0.39, 0.29) is 30.2 Å². The zero-order valence-electron chi connectivity index (χ0n) is 31.6. The van der Waals surface area contributed by atoms with Crippen molar-refractivity contribution in [2.24, 2.45) is 7.05 Å². The van der Waals surface area contributed by atoms with E-state index in [1.165, 1.54) is 5.56 Å². The summed E-state index contributed by atoms with van der Waals surface area (Å²) in [6.45, 7) is 10.4. The van der Waals surface area contributed by atoms with Gasteiger partial charge in [0, 0.05) is 66.9 Å². The van der Waals surface area contributed by atoms with Gasteiger partial charge in [0.05, 0.1) is 38.0 Å². The molecule has 0 saturated carbocycles. The standard InChI is InChI=1S/C44H47ClN4O5/c1-28-21-34(45)23-39(44(52)49-26-33-10-7-6-9-31(33)22-36(49)27-47-17-19-54-20-18-47)42(28)40-24-38(30(3)46(40)4)43(51)48(35-13-15-37(50)16-14-35)25-32-11-8-12-41(53-5)29(32)2/h6-16,21,23-24,36,50H,17-20,22,25-27H2,1-5H3/t36-/m0/s1. The number of carbonyl (C=O) groups is 2. The lowest BCUT2D eigenvalue weighted by Crippen LogP contribution is -2.52. The molecule has 7 rings (SSSR count). The molecule has 0 bridgehead atoms. The molecule has 5 aromatic rings. The summed E-state index contributed by atoms with van der Waals surface area (Å²) in [5, 5.41) is 10.6. The molecular formula is C44H47ClN4O5. The first-order valence-corrected chi connectivity index (χ1v) is 18.8. The van der Waals surface area contributed by atoms with Gasteiger partial charge in [-0.1, -0.05) is 48.0 Å². The molecule has 1 fully saturated rings. The van der Waals surface area contributed by atoms with Crippen molar-refractivity contribution in [2.75, 3.05) is 44.9 Å². The molecule has 0 spiro atoms. The number of phenols is 1. The molecule has 2 aliphatic heterocycles. The highest BCUT2D eigenvalue weighted by Crippen LogP contribution is 2.37. The number of aromatic hydroxyl groups is 1. The number of anilines is 1. The predicted molar refractivity (Wildman–Crippen MR) is 213 cm³/mol. The van der Waals surface area contributed by atoms with Crippen LogP contribution in [0.25, 0.3) is 11.3 Å². The molecule has 3 heterocycles. The smallest absolute Gasteiger partial charge is 0.260 e. The maximum absolute atomic E-state index is 15.0. The Morgan fingerprint density at radius 3 is 2.37 bits per heavy atom. The van der Waals surface area contributed by atoms with Gasteiger partial charge in [-0.15, -0.1) is 0 Å². The van der Waals surface area contributed by atoms with Crippen molar-refractivity contribution in [3.63, 3.8) is 0 Å². The molecule has 2 aliphatic rings. The summed E-state index contributed by atoms with van der Waals surface area (Å²) in [5.41, 5.74) is 9.03. The molecule has 0 unspecified atom stereocenters. The van der Waals surface area contributed by atoms with E-state index in [1.807, 2.05) is 73.7 Å². The van der Waals surface area contributed by atoms with Crippen molar-refractivity contribution in [2.45, 2.75) is 46.3 Å². The van der Waals surface area contributed by atoms with Gasteiger partial charge < -0.3 is 28.9 Å². The Hall–Kier alpha value is -5.09. The highest BCUT2D eigenvalue weighted by molar-refractivity contribution is 6.31. The van der Waals surface area contributed by atoms with E-state index in [9.17, 15) is 9.90 Å². The number of aromatic nitrogens is 1. The van der Waals surface area contributed by atoms with Gasteiger partial charge in [-0.05, 0) is 104 Å². The molecular weight excluding hydrogens is 700 g/mol. The fourth-order valence-corrected chi connectivity index (χ4v) is 8.19. The van der Waals surface area contributed by atoms with Gasteiger partial charge in [0.1, 0.15) is 11.5 Å². The number of amides is 2. The van der Waals surface area contributed by atoms with Crippen molar-refractivity contribution < 1.29 is 24.2 Å². The Morgan fingerprint density at radius 2 is 1.65 bits per heavy atom. The molecule has 10 heteroatoms. The first-order valence-electron chi connectivity index (χ1n) is 18.4. The quantitative estimate of drug-likeness (QED) is 0.166. The molecule has 4 aromatic carbocycles. The number of methoxy groups -OCH3 is 1. The molecule has 9 nitrogen and oxygen atoms in total. The molecule has 280 valence electrons. The van der Waals surface area contributed by atoms with E-state index in [1.54, 1.807) is 42.3 Å². The van der Waals surface area contributed by atoms with Crippen molar-refractivity contribution in [1.29, 1.82) is 0 Å². The number of hydrogen-bond acceptors (Lipinski definition) is 6. The van der Waals surface area contributed by atoms with Gasteiger partial charge in [-0.3, -0.25) is 14.5 Å². The van der Waals surface area contributed by atoms with Crippen LogP contribution in [0.1, 0.15) is 54.2 Å². The van der Waals surface area contributed by atoms with Crippen molar-refractivity contribution in [1.82, 2.24) is 14.4 Å². The number of morpholine rings is 1. The van der Waals surface area contributed by atoms with Crippen LogP contribution in [0.2, 0.25) is 5.02 Å². The molecule has 54 heavy (non-hydrogen) atoms. The second kappa shape index (κ2) is 15.7. The average molecular weight is 747 g/mol. The number of halogens is 1. The van der Waals surface area contributed by atoms with E-state index >= 15 is 4.79 Å². The topological polar surface area (TPSA) is 87.5 Å². The Kier molecular flexibility index (Phi) is 10.8. The molecule has 1 N–H and O–H groups in total. The van der Waals surface area contributed by atoms with Crippen molar-refractivity contribution in [3.8, 4) is 22.8 Å².